The van der Waals surface area contributed by atoms with Gasteiger partial charge < -0.3 is 24.7 Å². The molecular formula is C25H32N4O3. The molecule has 7 nitrogen and oxygen atoms in total. The summed E-state index contributed by atoms with van der Waals surface area (Å²) >= 11 is 0. The van der Waals surface area contributed by atoms with Crippen molar-refractivity contribution in [2.75, 3.05) is 38.1 Å². The zero-order valence-corrected chi connectivity index (χ0v) is 19.1. The number of likely N-dealkylation sites (N-methyl/N-ethyl adjacent to an activating group) is 1. The highest BCUT2D eigenvalue weighted by Crippen LogP contribution is 2.23. The minimum Gasteiger partial charge on any atom is -0.490 e. The number of amides is 2. The summed E-state index contributed by atoms with van der Waals surface area (Å²) < 4.78 is 11.5. The topological polar surface area (TPSA) is 79.6 Å². The molecule has 0 saturated heterocycles. The smallest absolute Gasteiger partial charge is 0.319 e. The van der Waals surface area contributed by atoms with Crippen molar-refractivity contribution >= 4 is 11.7 Å². The quantitative estimate of drug-likeness (QED) is 0.454. The molecule has 3 rings (SSSR count). The molecule has 3 aromatic rings. The molecule has 0 aliphatic heterocycles. The van der Waals surface area contributed by atoms with Crippen LogP contribution in [0, 0.1) is 6.92 Å². The Morgan fingerprint density at radius 1 is 1.09 bits per heavy atom. The minimum atomic E-state index is -0.285. The van der Waals surface area contributed by atoms with Crippen molar-refractivity contribution in [3.63, 3.8) is 0 Å². The molecule has 170 valence electrons. The van der Waals surface area contributed by atoms with E-state index in [2.05, 4.69) is 34.4 Å². The fourth-order valence-corrected chi connectivity index (χ4v) is 3.24. The molecule has 0 unspecified atom stereocenters. The second-order valence-electron chi connectivity index (χ2n) is 7.51. The molecule has 0 atom stereocenters. The lowest BCUT2D eigenvalue weighted by atomic mass is 10.1. The fourth-order valence-electron chi connectivity index (χ4n) is 3.24. The van der Waals surface area contributed by atoms with Crippen molar-refractivity contribution in [2.24, 2.45) is 0 Å². The Kier molecular flexibility index (Phi) is 8.69. The van der Waals surface area contributed by atoms with Crippen LogP contribution in [-0.4, -0.2) is 48.7 Å². The molecule has 2 N–H and O–H groups in total. The summed E-state index contributed by atoms with van der Waals surface area (Å²) in [6.07, 6.45) is 2.21. The van der Waals surface area contributed by atoms with Crippen molar-refractivity contribution < 1.29 is 13.9 Å². The van der Waals surface area contributed by atoms with Gasteiger partial charge in [0.05, 0.1) is 11.4 Å². The van der Waals surface area contributed by atoms with Crippen LogP contribution >= 0.6 is 0 Å². The van der Waals surface area contributed by atoms with E-state index in [9.17, 15) is 4.79 Å². The van der Waals surface area contributed by atoms with Gasteiger partial charge in [-0.25, -0.2) is 9.78 Å². The van der Waals surface area contributed by atoms with Gasteiger partial charge in [-0.1, -0.05) is 43.7 Å². The molecule has 7 heteroatoms. The van der Waals surface area contributed by atoms with Crippen LogP contribution in [-0.2, 0) is 6.42 Å². The Bertz CT molecular complexity index is 981. The zero-order chi connectivity index (χ0) is 22.8. The summed E-state index contributed by atoms with van der Waals surface area (Å²) in [5, 5.41) is 5.73. The van der Waals surface area contributed by atoms with Crippen molar-refractivity contribution in [1.29, 1.82) is 0 Å². The number of carbonyl (C=O) groups is 1. The van der Waals surface area contributed by atoms with Gasteiger partial charge in [-0.3, -0.25) is 0 Å². The van der Waals surface area contributed by atoms with Crippen LogP contribution in [0.3, 0.4) is 0 Å². The number of nitrogens with zero attached hydrogens (tertiary/aromatic N) is 2. The summed E-state index contributed by atoms with van der Waals surface area (Å²) in [6.45, 7) is 10.1. The summed E-state index contributed by atoms with van der Waals surface area (Å²) in [4.78, 5) is 19.2. The molecule has 1 aromatic heterocycles. The number of benzene rings is 2. The molecule has 0 spiro atoms. The molecule has 0 fully saturated rings. The van der Waals surface area contributed by atoms with Gasteiger partial charge in [0.15, 0.2) is 0 Å². The molecule has 2 aromatic carbocycles. The average molecular weight is 437 g/mol. The summed E-state index contributed by atoms with van der Waals surface area (Å²) in [5.41, 5.74) is 3.56. The third-order valence-electron chi connectivity index (χ3n) is 5.21. The fraction of sp³-hybridized carbons (Fsp3) is 0.360. The molecule has 0 radical (unpaired) electrons. The number of rotatable bonds is 11. The van der Waals surface area contributed by atoms with Crippen molar-refractivity contribution in [3.8, 4) is 17.2 Å². The molecule has 0 bridgehead atoms. The molecule has 2 amide bonds. The Labute approximate surface area is 189 Å². The molecular weight excluding hydrogens is 404 g/mol. The lowest BCUT2D eigenvalue weighted by molar-refractivity contribution is 0.223. The van der Waals surface area contributed by atoms with Crippen LogP contribution in [0.4, 0.5) is 10.5 Å². The summed E-state index contributed by atoms with van der Waals surface area (Å²) in [7, 11) is 0. The number of aromatic nitrogens is 1. The van der Waals surface area contributed by atoms with Gasteiger partial charge in [-0.15, -0.1) is 0 Å². The van der Waals surface area contributed by atoms with Gasteiger partial charge in [0, 0.05) is 25.1 Å². The van der Waals surface area contributed by atoms with Gasteiger partial charge in [0.2, 0.25) is 5.89 Å². The molecule has 0 aliphatic carbocycles. The van der Waals surface area contributed by atoms with E-state index in [1.54, 1.807) is 6.26 Å². The van der Waals surface area contributed by atoms with E-state index in [0.29, 0.717) is 36.9 Å². The van der Waals surface area contributed by atoms with Crippen LogP contribution in [0.25, 0.3) is 11.5 Å². The van der Waals surface area contributed by atoms with E-state index in [1.807, 2.05) is 55.5 Å². The van der Waals surface area contributed by atoms with Gasteiger partial charge in [-0.2, -0.15) is 0 Å². The normalized spacial score (nSPS) is 10.9. The Morgan fingerprint density at radius 3 is 2.59 bits per heavy atom. The van der Waals surface area contributed by atoms with Crippen LogP contribution in [0.15, 0.2) is 59.2 Å². The SMILES string of the molecule is CCN(CC)CCOc1ccccc1NC(=O)NCCc1coc(-c2ccc(C)cc2)n1. The van der Waals surface area contributed by atoms with E-state index in [4.69, 9.17) is 9.15 Å². The van der Waals surface area contributed by atoms with Gasteiger partial charge in [-0.05, 0) is 44.3 Å². The number of aryl methyl sites for hydroxylation is 1. The van der Waals surface area contributed by atoms with E-state index in [-0.39, 0.29) is 6.03 Å². The maximum Gasteiger partial charge on any atom is 0.319 e. The molecule has 0 saturated carbocycles. The Hall–Kier alpha value is -3.32. The van der Waals surface area contributed by atoms with Gasteiger partial charge in [0.25, 0.3) is 0 Å². The summed E-state index contributed by atoms with van der Waals surface area (Å²) in [6, 6.07) is 15.2. The Morgan fingerprint density at radius 2 is 1.84 bits per heavy atom. The van der Waals surface area contributed by atoms with Gasteiger partial charge >= 0.3 is 6.03 Å². The monoisotopic (exact) mass is 436 g/mol. The first-order valence-corrected chi connectivity index (χ1v) is 11.1. The molecule has 1 heterocycles. The predicted molar refractivity (Wildman–Crippen MR) is 127 cm³/mol. The number of oxazole rings is 1. The molecule has 32 heavy (non-hydrogen) atoms. The number of hydrogen-bond donors (Lipinski definition) is 2. The summed E-state index contributed by atoms with van der Waals surface area (Å²) in [5.74, 6) is 1.24. The maximum absolute atomic E-state index is 12.4. The third-order valence-corrected chi connectivity index (χ3v) is 5.21. The number of para-hydroxylation sites is 2. The number of ether oxygens (including phenoxy) is 1. The van der Waals surface area contributed by atoms with Crippen LogP contribution in [0.1, 0.15) is 25.1 Å². The lowest BCUT2D eigenvalue weighted by Gasteiger charge is -2.19. The first kappa shape index (κ1) is 23.3. The average Bonchev–Trinajstić information content (AvgIpc) is 3.27. The second-order valence-corrected chi connectivity index (χ2v) is 7.51. The van der Waals surface area contributed by atoms with Gasteiger partial charge in [0.1, 0.15) is 18.6 Å². The number of nitrogens with one attached hydrogen (secondary N) is 2. The minimum absolute atomic E-state index is 0.285. The number of carbonyl (C=O) groups excluding carboxylic acids is 1. The van der Waals surface area contributed by atoms with Crippen LogP contribution in [0.2, 0.25) is 0 Å². The highest BCUT2D eigenvalue weighted by molar-refractivity contribution is 5.90. The predicted octanol–water partition coefficient (Wildman–Crippen LogP) is 4.73. The first-order chi connectivity index (χ1) is 15.6. The number of hydrogen-bond acceptors (Lipinski definition) is 5. The van der Waals surface area contributed by atoms with E-state index >= 15 is 0 Å². The van der Waals surface area contributed by atoms with Crippen LogP contribution in [0.5, 0.6) is 5.75 Å². The van der Waals surface area contributed by atoms with Crippen molar-refractivity contribution in [3.05, 3.63) is 66.1 Å². The highest BCUT2D eigenvalue weighted by Gasteiger charge is 2.10. The van der Waals surface area contributed by atoms with E-state index < -0.39 is 0 Å². The third kappa shape index (κ3) is 6.85. The lowest BCUT2D eigenvalue weighted by Crippen LogP contribution is -2.31. The van der Waals surface area contributed by atoms with Crippen molar-refractivity contribution in [1.82, 2.24) is 15.2 Å². The number of urea groups is 1. The molecule has 0 aliphatic rings. The first-order valence-electron chi connectivity index (χ1n) is 11.1. The van der Waals surface area contributed by atoms with Crippen molar-refractivity contribution in [2.45, 2.75) is 27.2 Å². The maximum atomic E-state index is 12.4. The zero-order valence-electron chi connectivity index (χ0n) is 19.1. The Balaban J connectivity index is 1.46. The van der Waals surface area contributed by atoms with E-state index in [1.165, 1.54) is 5.56 Å². The van der Waals surface area contributed by atoms with Crippen LogP contribution < -0.4 is 15.4 Å². The largest absolute Gasteiger partial charge is 0.490 e. The standard InChI is InChI=1S/C25H32N4O3/c1-4-29(5-2)16-17-31-23-9-7-6-8-22(23)28-25(30)26-15-14-21-18-32-24(27-21)20-12-10-19(3)11-13-20/h6-13,18H,4-5,14-17H2,1-3H3,(H2,26,28,30). The number of anilines is 1. The highest BCUT2D eigenvalue weighted by atomic mass is 16.5. The van der Waals surface area contributed by atoms with E-state index in [0.717, 1.165) is 30.9 Å². The second kappa shape index (κ2) is 11.9.